The van der Waals surface area contributed by atoms with E-state index in [0.717, 1.165) is 31.7 Å². The number of hydrogen-bond donors (Lipinski definition) is 1. The second kappa shape index (κ2) is 6.83. The molecule has 3 heterocycles. The summed E-state index contributed by atoms with van der Waals surface area (Å²) in [6.45, 7) is 2.20. The van der Waals surface area contributed by atoms with Gasteiger partial charge < -0.3 is 19.5 Å². The number of nitrogens with zero attached hydrogens (tertiary/aromatic N) is 3. The highest BCUT2D eigenvalue weighted by molar-refractivity contribution is 6.01. The number of anilines is 2. The fourth-order valence-electron chi connectivity index (χ4n) is 2.84. The quantitative estimate of drug-likeness (QED) is 0.939. The molecule has 0 bridgehead atoms. The van der Waals surface area contributed by atoms with E-state index in [-0.39, 0.29) is 11.7 Å². The number of likely N-dealkylation sites (tertiary alicyclic amines) is 1. The molecule has 0 aliphatic carbocycles. The normalized spacial score (nSPS) is 16.3. The van der Waals surface area contributed by atoms with E-state index in [1.807, 2.05) is 12.1 Å². The topological polar surface area (TPSA) is 61.6 Å². The van der Waals surface area contributed by atoms with E-state index in [1.165, 1.54) is 6.26 Å². The van der Waals surface area contributed by atoms with Crippen molar-refractivity contribution in [2.75, 3.05) is 37.4 Å². The first-order valence-corrected chi connectivity index (χ1v) is 7.87. The van der Waals surface area contributed by atoms with Crippen molar-refractivity contribution in [2.24, 2.45) is 0 Å². The summed E-state index contributed by atoms with van der Waals surface area (Å²) in [5.41, 5.74) is 0. The number of nitrogens with one attached hydrogen (secondary N) is 1. The number of furan rings is 1. The van der Waals surface area contributed by atoms with Crippen LogP contribution in [0, 0.1) is 0 Å². The molecule has 6 heteroatoms. The number of carbonyl (C=O) groups excluding carboxylic acids is 1. The summed E-state index contributed by atoms with van der Waals surface area (Å²) in [7, 11) is 4.22. The Morgan fingerprint density at radius 1 is 1.30 bits per heavy atom. The molecule has 1 saturated heterocycles. The number of carbonyl (C=O) groups is 1. The summed E-state index contributed by atoms with van der Waals surface area (Å²) in [5, 5.41) is 2.77. The van der Waals surface area contributed by atoms with Gasteiger partial charge in [-0.25, -0.2) is 4.98 Å². The first kappa shape index (κ1) is 15.6. The van der Waals surface area contributed by atoms with Crippen LogP contribution in [0.5, 0.6) is 0 Å². The van der Waals surface area contributed by atoms with Crippen molar-refractivity contribution in [3.8, 4) is 0 Å². The molecule has 1 N–H and O–H groups in total. The van der Waals surface area contributed by atoms with Crippen LogP contribution in [0.25, 0.3) is 0 Å². The molecule has 3 rings (SSSR count). The highest BCUT2D eigenvalue weighted by atomic mass is 16.3. The number of pyridine rings is 1. The third-order valence-corrected chi connectivity index (χ3v) is 4.32. The average Bonchev–Trinajstić information content (AvgIpc) is 3.10. The Bertz CT molecular complexity index is 648. The zero-order chi connectivity index (χ0) is 16.2. The zero-order valence-electron chi connectivity index (χ0n) is 13.5. The molecule has 1 amide bonds. The van der Waals surface area contributed by atoms with Crippen LogP contribution < -0.4 is 10.2 Å². The first-order chi connectivity index (χ1) is 11.1. The molecule has 1 aliphatic heterocycles. The molecule has 122 valence electrons. The molecule has 0 spiro atoms. The van der Waals surface area contributed by atoms with E-state index in [1.54, 1.807) is 18.2 Å². The smallest absolute Gasteiger partial charge is 0.292 e. The molecule has 0 atom stereocenters. The van der Waals surface area contributed by atoms with E-state index >= 15 is 0 Å². The van der Waals surface area contributed by atoms with Gasteiger partial charge in [0.25, 0.3) is 5.91 Å². The number of aromatic nitrogens is 1. The lowest BCUT2D eigenvalue weighted by molar-refractivity contribution is 0.0996. The predicted octanol–water partition coefficient (Wildman–Crippen LogP) is 2.46. The Balaban J connectivity index is 1.68. The summed E-state index contributed by atoms with van der Waals surface area (Å²) in [5.74, 6) is 1.39. The van der Waals surface area contributed by atoms with Gasteiger partial charge in [0.15, 0.2) is 5.76 Å². The van der Waals surface area contributed by atoms with Crippen molar-refractivity contribution < 1.29 is 9.21 Å². The van der Waals surface area contributed by atoms with E-state index in [2.05, 4.69) is 34.2 Å². The zero-order valence-corrected chi connectivity index (χ0v) is 13.5. The van der Waals surface area contributed by atoms with Gasteiger partial charge in [0.2, 0.25) is 0 Å². The van der Waals surface area contributed by atoms with Gasteiger partial charge in [-0.3, -0.25) is 4.79 Å². The van der Waals surface area contributed by atoms with Crippen molar-refractivity contribution in [1.29, 1.82) is 0 Å². The summed E-state index contributed by atoms with van der Waals surface area (Å²) in [6.07, 6.45) is 3.72. The minimum absolute atomic E-state index is 0.279. The van der Waals surface area contributed by atoms with E-state index < -0.39 is 0 Å². The molecule has 1 aliphatic rings. The fourth-order valence-corrected chi connectivity index (χ4v) is 2.84. The maximum atomic E-state index is 12.0. The minimum Gasteiger partial charge on any atom is -0.459 e. The highest BCUT2D eigenvalue weighted by Crippen LogP contribution is 2.21. The SMILES string of the molecule is CN1CCC(N(C)c2cccc(NC(=O)c3ccco3)n2)CC1. The van der Waals surface area contributed by atoms with Crippen molar-refractivity contribution in [1.82, 2.24) is 9.88 Å². The number of piperidine rings is 1. The van der Waals surface area contributed by atoms with Gasteiger partial charge >= 0.3 is 0 Å². The lowest BCUT2D eigenvalue weighted by Crippen LogP contribution is -2.42. The molecule has 0 radical (unpaired) electrons. The minimum atomic E-state index is -0.290. The Morgan fingerprint density at radius 2 is 2.09 bits per heavy atom. The Hall–Kier alpha value is -2.34. The largest absolute Gasteiger partial charge is 0.459 e. The van der Waals surface area contributed by atoms with Crippen molar-refractivity contribution >= 4 is 17.5 Å². The fraction of sp³-hybridized carbons (Fsp3) is 0.412. The Kier molecular flexibility index (Phi) is 4.62. The summed E-state index contributed by atoms with van der Waals surface area (Å²) in [6, 6.07) is 9.46. The van der Waals surface area contributed by atoms with Crippen LogP contribution >= 0.6 is 0 Å². The first-order valence-electron chi connectivity index (χ1n) is 7.87. The summed E-state index contributed by atoms with van der Waals surface area (Å²) < 4.78 is 5.10. The standard InChI is InChI=1S/C17H22N4O2/c1-20-10-8-13(9-11-20)21(2)16-7-3-6-15(18-16)19-17(22)14-5-4-12-23-14/h3-7,12-13H,8-11H2,1-2H3,(H,18,19,22). The predicted molar refractivity (Wildman–Crippen MR) is 89.8 cm³/mol. The Labute approximate surface area is 136 Å². The van der Waals surface area contributed by atoms with E-state index in [9.17, 15) is 4.79 Å². The monoisotopic (exact) mass is 314 g/mol. The molecule has 2 aromatic heterocycles. The van der Waals surface area contributed by atoms with Crippen molar-refractivity contribution in [3.63, 3.8) is 0 Å². The molecule has 0 unspecified atom stereocenters. The molecular formula is C17H22N4O2. The van der Waals surface area contributed by atoms with Crippen LogP contribution in [0.15, 0.2) is 41.0 Å². The molecular weight excluding hydrogens is 292 g/mol. The third-order valence-electron chi connectivity index (χ3n) is 4.32. The highest BCUT2D eigenvalue weighted by Gasteiger charge is 2.21. The van der Waals surface area contributed by atoms with Crippen LogP contribution in [0.4, 0.5) is 11.6 Å². The molecule has 2 aromatic rings. The van der Waals surface area contributed by atoms with Crippen LogP contribution in [-0.2, 0) is 0 Å². The van der Waals surface area contributed by atoms with Crippen molar-refractivity contribution in [3.05, 3.63) is 42.4 Å². The maximum Gasteiger partial charge on any atom is 0.292 e. The van der Waals surface area contributed by atoms with Crippen LogP contribution in [-0.4, -0.2) is 49.0 Å². The second-order valence-corrected chi connectivity index (χ2v) is 5.96. The van der Waals surface area contributed by atoms with Gasteiger partial charge in [-0.1, -0.05) is 6.07 Å². The van der Waals surface area contributed by atoms with Crippen molar-refractivity contribution in [2.45, 2.75) is 18.9 Å². The van der Waals surface area contributed by atoms with Crippen LogP contribution in [0.3, 0.4) is 0 Å². The van der Waals surface area contributed by atoms with Gasteiger partial charge in [0, 0.05) is 13.1 Å². The second-order valence-electron chi connectivity index (χ2n) is 5.96. The molecule has 23 heavy (non-hydrogen) atoms. The van der Waals surface area contributed by atoms with Gasteiger partial charge in [0.05, 0.1) is 6.26 Å². The Morgan fingerprint density at radius 3 is 2.78 bits per heavy atom. The molecule has 0 aromatic carbocycles. The number of amides is 1. The van der Waals surface area contributed by atoms with Gasteiger partial charge in [-0.05, 0) is 57.2 Å². The van der Waals surface area contributed by atoms with E-state index in [4.69, 9.17) is 4.42 Å². The lowest BCUT2D eigenvalue weighted by atomic mass is 10.0. The van der Waals surface area contributed by atoms with Gasteiger partial charge in [0.1, 0.15) is 11.6 Å². The van der Waals surface area contributed by atoms with Gasteiger partial charge in [-0.2, -0.15) is 0 Å². The molecule has 0 saturated carbocycles. The maximum absolute atomic E-state index is 12.0. The number of rotatable bonds is 4. The van der Waals surface area contributed by atoms with Crippen LogP contribution in [0.1, 0.15) is 23.4 Å². The van der Waals surface area contributed by atoms with Gasteiger partial charge in [-0.15, -0.1) is 0 Å². The number of hydrogen-bond acceptors (Lipinski definition) is 5. The van der Waals surface area contributed by atoms with Crippen LogP contribution in [0.2, 0.25) is 0 Å². The molecule has 1 fully saturated rings. The van der Waals surface area contributed by atoms with E-state index in [0.29, 0.717) is 11.9 Å². The third kappa shape index (κ3) is 3.71. The summed E-state index contributed by atoms with van der Waals surface area (Å²) in [4.78, 5) is 21.1. The lowest BCUT2D eigenvalue weighted by Gasteiger charge is -2.35. The summed E-state index contributed by atoms with van der Waals surface area (Å²) >= 11 is 0. The molecule has 6 nitrogen and oxygen atoms in total. The average molecular weight is 314 g/mol.